The first kappa shape index (κ1) is 16.8. The minimum absolute atomic E-state index is 0.124. The number of aryl methyl sites for hydroxylation is 1. The van der Waals surface area contributed by atoms with Gasteiger partial charge in [-0.1, -0.05) is 6.92 Å². The Morgan fingerprint density at radius 1 is 1.35 bits per heavy atom. The van der Waals surface area contributed by atoms with Gasteiger partial charge in [-0.3, -0.25) is 9.59 Å². The van der Waals surface area contributed by atoms with Gasteiger partial charge in [-0.25, -0.2) is 4.79 Å². The number of furan rings is 1. The molecule has 7 nitrogen and oxygen atoms in total. The average Bonchev–Trinajstić information content (AvgIpc) is 3.13. The molecule has 1 atom stereocenters. The van der Waals surface area contributed by atoms with Crippen molar-refractivity contribution in [1.82, 2.24) is 5.32 Å². The number of anilines is 1. The fraction of sp³-hybridized carbons (Fsp3) is 0.267. The summed E-state index contributed by atoms with van der Waals surface area (Å²) in [6.45, 7) is 3.45. The van der Waals surface area contributed by atoms with Crippen LogP contribution >= 0.6 is 11.3 Å². The van der Waals surface area contributed by atoms with E-state index in [2.05, 4.69) is 10.6 Å². The van der Waals surface area contributed by atoms with Crippen LogP contribution in [0, 0.1) is 6.92 Å². The monoisotopic (exact) mass is 336 g/mol. The van der Waals surface area contributed by atoms with Gasteiger partial charge >= 0.3 is 5.97 Å². The maximum absolute atomic E-state index is 12.3. The molecule has 2 heterocycles. The number of carboxylic acids is 1. The Morgan fingerprint density at radius 2 is 2.09 bits per heavy atom. The molecule has 2 aromatic rings. The second-order valence-corrected chi connectivity index (χ2v) is 6.06. The Morgan fingerprint density at radius 3 is 2.65 bits per heavy atom. The molecule has 8 heteroatoms. The third kappa shape index (κ3) is 3.98. The van der Waals surface area contributed by atoms with Crippen molar-refractivity contribution in [2.45, 2.75) is 26.3 Å². The molecule has 0 bridgehead atoms. The Balaban J connectivity index is 2.18. The van der Waals surface area contributed by atoms with E-state index < -0.39 is 23.8 Å². The Bertz CT molecular complexity index is 720. The number of thiophene rings is 1. The predicted molar refractivity (Wildman–Crippen MR) is 84.9 cm³/mol. The lowest BCUT2D eigenvalue weighted by molar-refractivity contribution is -0.139. The molecular weight excluding hydrogens is 320 g/mol. The van der Waals surface area contributed by atoms with Crippen molar-refractivity contribution in [1.29, 1.82) is 0 Å². The molecular formula is C15H16N2O5S. The third-order valence-electron chi connectivity index (χ3n) is 3.08. The van der Waals surface area contributed by atoms with Crippen LogP contribution in [0.25, 0.3) is 0 Å². The topological polar surface area (TPSA) is 109 Å². The zero-order chi connectivity index (χ0) is 17.0. The number of carboxylic acid groups (broad SMARTS) is 1. The summed E-state index contributed by atoms with van der Waals surface area (Å²) in [6, 6.07) is 3.72. The first-order valence-electron chi connectivity index (χ1n) is 6.91. The summed E-state index contributed by atoms with van der Waals surface area (Å²) in [4.78, 5) is 36.1. The fourth-order valence-corrected chi connectivity index (χ4v) is 2.83. The number of rotatable bonds is 6. The highest BCUT2D eigenvalue weighted by molar-refractivity contribution is 7.16. The lowest BCUT2D eigenvalue weighted by atomic mass is 10.2. The number of hydrogen-bond acceptors (Lipinski definition) is 5. The van der Waals surface area contributed by atoms with E-state index >= 15 is 0 Å². The molecule has 0 radical (unpaired) electrons. The molecule has 1 unspecified atom stereocenters. The van der Waals surface area contributed by atoms with Gasteiger partial charge in [0.25, 0.3) is 11.8 Å². The number of hydrogen-bond donors (Lipinski definition) is 3. The fourth-order valence-electron chi connectivity index (χ4n) is 1.92. The lowest BCUT2D eigenvalue weighted by Crippen LogP contribution is -2.40. The van der Waals surface area contributed by atoms with E-state index in [4.69, 9.17) is 9.52 Å². The Kier molecular flexibility index (Phi) is 5.17. The minimum atomic E-state index is -1.10. The summed E-state index contributed by atoms with van der Waals surface area (Å²) >= 11 is 1.23. The van der Waals surface area contributed by atoms with Gasteiger partial charge in [0.2, 0.25) is 0 Å². The highest BCUT2D eigenvalue weighted by Gasteiger charge is 2.23. The number of carbonyl (C=O) groups excluding carboxylic acids is 2. The normalized spacial score (nSPS) is 11.7. The van der Waals surface area contributed by atoms with E-state index in [1.54, 1.807) is 26.0 Å². The minimum Gasteiger partial charge on any atom is -0.480 e. The molecule has 0 saturated carbocycles. The van der Waals surface area contributed by atoms with Crippen LogP contribution in [0.1, 0.15) is 39.1 Å². The summed E-state index contributed by atoms with van der Waals surface area (Å²) in [7, 11) is 0. The predicted octanol–water partition coefficient (Wildman–Crippen LogP) is 2.49. The average molecular weight is 336 g/mol. The van der Waals surface area contributed by atoms with E-state index in [0.717, 1.165) is 4.88 Å². The molecule has 122 valence electrons. The molecule has 2 aromatic heterocycles. The van der Waals surface area contributed by atoms with Crippen LogP contribution < -0.4 is 10.6 Å². The van der Waals surface area contributed by atoms with Crippen molar-refractivity contribution in [2.75, 3.05) is 5.32 Å². The van der Waals surface area contributed by atoms with E-state index in [1.165, 1.54) is 23.7 Å². The van der Waals surface area contributed by atoms with E-state index in [0.29, 0.717) is 5.00 Å². The van der Waals surface area contributed by atoms with E-state index in [1.807, 2.05) is 0 Å². The van der Waals surface area contributed by atoms with Gasteiger partial charge in [0.1, 0.15) is 11.0 Å². The Hall–Kier alpha value is -2.61. The second kappa shape index (κ2) is 7.10. The van der Waals surface area contributed by atoms with E-state index in [-0.39, 0.29) is 17.7 Å². The molecule has 0 fully saturated rings. The van der Waals surface area contributed by atoms with Crippen molar-refractivity contribution in [2.24, 2.45) is 0 Å². The number of aliphatic carboxylic acids is 1. The van der Waals surface area contributed by atoms with Gasteiger partial charge in [-0.15, -0.1) is 11.3 Å². The van der Waals surface area contributed by atoms with Crippen molar-refractivity contribution < 1.29 is 23.9 Å². The molecule has 3 N–H and O–H groups in total. The van der Waals surface area contributed by atoms with Gasteiger partial charge in [0.05, 0.1) is 11.8 Å². The molecule has 0 aliphatic heterocycles. The Labute approximate surface area is 136 Å². The molecule has 0 aliphatic carbocycles. The molecule has 0 aliphatic rings. The van der Waals surface area contributed by atoms with Crippen molar-refractivity contribution in [3.05, 3.63) is 40.7 Å². The van der Waals surface area contributed by atoms with Crippen LogP contribution in [0.5, 0.6) is 0 Å². The molecule has 0 saturated heterocycles. The maximum Gasteiger partial charge on any atom is 0.326 e. The summed E-state index contributed by atoms with van der Waals surface area (Å²) < 4.78 is 5.00. The van der Waals surface area contributed by atoms with Crippen molar-refractivity contribution >= 4 is 34.1 Å². The highest BCUT2D eigenvalue weighted by Crippen LogP contribution is 2.28. The van der Waals surface area contributed by atoms with Crippen LogP contribution in [0.15, 0.2) is 28.9 Å². The van der Waals surface area contributed by atoms with E-state index in [9.17, 15) is 14.4 Å². The van der Waals surface area contributed by atoms with Crippen LogP contribution in [0.4, 0.5) is 5.00 Å². The first-order valence-corrected chi connectivity index (χ1v) is 7.73. The van der Waals surface area contributed by atoms with Gasteiger partial charge in [-0.05, 0) is 31.5 Å². The van der Waals surface area contributed by atoms with Gasteiger partial charge < -0.3 is 20.2 Å². The smallest absolute Gasteiger partial charge is 0.326 e. The number of nitrogens with one attached hydrogen (secondary N) is 2. The quantitative estimate of drug-likeness (QED) is 0.751. The maximum atomic E-state index is 12.3. The summed E-state index contributed by atoms with van der Waals surface area (Å²) in [5.74, 6) is -2.00. The number of carbonyl (C=O) groups is 3. The molecule has 0 aromatic carbocycles. The summed E-state index contributed by atoms with van der Waals surface area (Å²) in [6.07, 6.45) is 1.64. The van der Waals surface area contributed by atoms with Crippen LogP contribution in [0.3, 0.4) is 0 Å². The number of amides is 2. The van der Waals surface area contributed by atoms with Crippen molar-refractivity contribution in [3.8, 4) is 0 Å². The van der Waals surface area contributed by atoms with Crippen molar-refractivity contribution in [3.63, 3.8) is 0 Å². The molecule has 23 heavy (non-hydrogen) atoms. The first-order chi connectivity index (χ1) is 10.9. The third-order valence-corrected chi connectivity index (χ3v) is 4.05. The molecule has 2 rings (SSSR count). The zero-order valence-electron chi connectivity index (χ0n) is 12.6. The van der Waals surface area contributed by atoms with Crippen LogP contribution in [-0.4, -0.2) is 28.9 Å². The summed E-state index contributed by atoms with van der Waals surface area (Å²) in [5, 5.41) is 14.4. The SMILES string of the molecule is CCC(NC(=O)c1cc(C)sc1NC(=O)c1ccco1)C(=O)O. The van der Waals surface area contributed by atoms with Gasteiger partial charge in [-0.2, -0.15) is 0 Å². The second-order valence-electron chi connectivity index (χ2n) is 4.80. The zero-order valence-corrected chi connectivity index (χ0v) is 13.4. The van der Waals surface area contributed by atoms with Gasteiger partial charge in [0.15, 0.2) is 5.76 Å². The molecule has 2 amide bonds. The largest absolute Gasteiger partial charge is 0.480 e. The summed E-state index contributed by atoms with van der Waals surface area (Å²) in [5.41, 5.74) is 0.229. The standard InChI is InChI=1S/C15H16N2O5S/c1-3-10(15(20)21)16-12(18)9-7-8(2)23-14(9)17-13(19)11-5-4-6-22-11/h4-7,10H,3H2,1-2H3,(H,16,18)(H,17,19)(H,20,21). The lowest BCUT2D eigenvalue weighted by Gasteiger charge is -2.12. The van der Waals surface area contributed by atoms with Crippen LogP contribution in [-0.2, 0) is 4.79 Å². The highest BCUT2D eigenvalue weighted by atomic mass is 32.1. The molecule has 0 spiro atoms. The van der Waals surface area contributed by atoms with Gasteiger partial charge in [0, 0.05) is 4.88 Å². The van der Waals surface area contributed by atoms with Crippen LogP contribution in [0.2, 0.25) is 0 Å².